The number of benzene rings is 2. The van der Waals surface area contributed by atoms with Crippen LogP contribution in [0.15, 0.2) is 78.0 Å². The molecule has 2 aliphatic heterocycles. The molecule has 180 valence electrons. The van der Waals surface area contributed by atoms with Gasteiger partial charge in [-0.3, -0.25) is 14.4 Å². The Hall–Kier alpha value is -3.91. The van der Waals surface area contributed by atoms with Crippen LogP contribution in [0.4, 0.5) is 5.69 Å². The number of nitrogens with one attached hydrogen (secondary N) is 1. The average Bonchev–Trinajstić information content (AvgIpc) is 3.43. The van der Waals surface area contributed by atoms with Gasteiger partial charge in [-0.15, -0.1) is 0 Å². The topological polar surface area (TPSA) is 114 Å². The molecule has 0 radical (unpaired) electrons. The molecule has 8 nitrogen and oxygen atoms in total. The van der Waals surface area contributed by atoms with Crippen molar-refractivity contribution in [2.75, 3.05) is 11.9 Å². The molecule has 3 amide bonds. The van der Waals surface area contributed by atoms with Crippen LogP contribution in [0.2, 0.25) is 5.02 Å². The van der Waals surface area contributed by atoms with Gasteiger partial charge in [0.1, 0.15) is 6.04 Å². The van der Waals surface area contributed by atoms with Crippen LogP contribution in [0, 0.1) is 0 Å². The minimum absolute atomic E-state index is 0.168. The lowest BCUT2D eigenvalue weighted by Crippen LogP contribution is -2.44. The quantitative estimate of drug-likeness (QED) is 0.473. The summed E-state index contributed by atoms with van der Waals surface area (Å²) in [6, 6.07) is 12.9. The van der Waals surface area contributed by atoms with Crippen LogP contribution in [0.1, 0.15) is 35.7 Å². The van der Waals surface area contributed by atoms with Gasteiger partial charge >= 0.3 is 0 Å². The first-order valence-electron chi connectivity index (χ1n) is 11.1. The van der Waals surface area contributed by atoms with E-state index in [2.05, 4.69) is 10.5 Å². The molecule has 2 heterocycles. The second-order valence-corrected chi connectivity index (χ2v) is 8.94. The lowest BCUT2D eigenvalue weighted by Gasteiger charge is -2.23. The number of nitrogens with two attached hydrogens (primary N) is 1. The Kier molecular flexibility index (Phi) is 7.02. The van der Waals surface area contributed by atoms with Gasteiger partial charge in [0.25, 0.3) is 5.91 Å². The van der Waals surface area contributed by atoms with Gasteiger partial charge in [-0.25, -0.2) is 0 Å². The molecule has 1 fully saturated rings. The van der Waals surface area contributed by atoms with Crippen molar-refractivity contribution in [3.63, 3.8) is 0 Å². The Balaban J connectivity index is 1.49. The molecule has 0 saturated carbocycles. The summed E-state index contributed by atoms with van der Waals surface area (Å²) in [6.45, 7) is 2.03. The van der Waals surface area contributed by atoms with E-state index < -0.39 is 17.6 Å². The number of primary amides is 1. The van der Waals surface area contributed by atoms with Gasteiger partial charge in [0.2, 0.25) is 11.8 Å². The first-order chi connectivity index (χ1) is 16.8. The molecule has 0 bridgehead atoms. The van der Waals surface area contributed by atoms with E-state index >= 15 is 0 Å². The van der Waals surface area contributed by atoms with E-state index in [1.54, 1.807) is 48.6 Å². The second kappa shape index (κ2) is 10.1. The summed E-state index contributed by atoms with van der Waals surface area (Å²) in [7, 11) is 0. The number of likely N-dealkylation sites (tertiary alicyclic amines) is 1. The van der Waals surface area contributed by atoms with E-state index in [-0.39, 0.29) is 24.8 Å². The summed E-state index contributed by atoms with van der Waals surface area (Å²) in [5.41, 5.74) is 7.24. The van der Waals surface area contributed by atoms with E-state index in [9.17, 15) is 14.4 Å². The first kappa shape index (κ1) is 24.2. The van der Waals surface area contributed by atoms with Crippen LogP contribution >= 0.6 is 11.6 Å². The maximum atomic E-state index is 13.1. The standard InChI is InChI=1S/C26H25ClN4O4/c1-2-3-4-8-23(32)29-20-7-5-6-18(13-20)21-14-26(35-30-21)15-22(24(28)33)31(16-26)25(34)17-9-11-19(27)12-10-17/h2-13,22H,14-16H2,1H3,(H2,28,33)(H,29,32). The zero-order valence-electron chi connectivity index (χ0n) is 19.1. The average molecular weight is 493 g/mol. The highest BCUT2D eigenvalue weighted by atomic mass is 35.5. The molecule has 4 rings (SSSR count). The third-order valence-electron chi connectivity index (χ3n) is 5.93. The molecule has 1 saturated heterocycles. The van der Waals surface area contributed by atoms with Gasteiger partial charge in [0.15, 0.2) is 5.60 Å². The Labute approximate surface area is 208 Å². The fourth-order valence-corrected chi connectivity index (χ4v) is 4.38. The lowest BCUT2D eigenvalue weighted by atomic mass is 9.91. The minimum atomic E-state index is -0.856. The molecule has 2 unspecified atom stereocenters. The minimum Gasteiger partial charge on any atom is -0.387 e. The summed E-state index contributed by atoms with van der Waals surface area (Å²) in [5.74, 6) is -1.18. The Morgan fingerprint density at radius 2 is 1.97 bits per heavy atom. The number of allylic oxidation sites excluding steroid dienone is 3. The van der Waals surface area contributed by atoms with Crippen molar-refractivity contribution in [1.29, 1.82) is 0 Å². The molecule has 2 aliphatic rings. The highest BCUT2D eigenvalue weighted by Gasteiger charge is 2.53. The summed E-state index contributed by atoms with van der Waals surface area (Å²) >= 11 is 5.93. The summed E-state index contributed by atoms with van der Waals surface area (Å²) in [5, 5.41) is 7.59. The van der Waals surface area contributed by atoms with Gasteiger partial charge in [0, 0.05) is 40.8 Å². The zero-order chi connectivity index (χ0) is 25.0. The summed E-state index contributed by atoms with van der Waals surface area (Å²) in [4.78, 5) is 44.7. The molecule has 35 heavy (non-hydrogen) atoms. The second-order valence-electron chi connectivity index (χ2n) is 8.51. The van der Waals surface area contributed by atoms with Crippen LogP contribution in [-0.2, 0) is 14.4 Å². The molecular formula is C26H25ClN4O4. The van der Waals surface area contributed by atoms with Crippen molar-refractivity contribution < 1.29 is 19.2 Å². The van der Waals surface area contributed by atoms with Crippen LogP contribution in [-0.4, -0.2) is 46.5 Å². The molecule has 1 spiro atoms. The van der Waals surface area contributed by atoms with E-state index in [0.29, 0.717) is 28.4 Å². The van der Waals surface area contributed by atoms with Crippen LogP contribution in [0.5, 0.6) is 0 Å². The van der Waals surface area contributed by atoms with E-state index in [0.717, 1.165) is 5.56 Å². The molecular weight excluding hydrogens is 468 g/mol. The third kappa shape index (κ3) is 5.44. The number of carbonyl (C=O) groups excluding carboxylic acids is 3. The molecule has 0 aromatic heterocycles. The molecule has 2 aromatic carbocycles. The highest BCUT2D eigenvalue weighted by molar-refractivity contribution is 6.30. The number of halogens is 1. The SMILES string of the molecule is CC=CC=CC(=O)Nc1cccc(C2=NOC3(C2)CC(C(N)=O)N(C(=O)c2ccc(Cl)cc2)C3)c1. The Morgan fingerprint density at radius 1 is 1.20 bits per heavy atom. The molecule has 2 atom stereocenters. The Morgan fingerprint density at radius 3 is 2.69 bits per heavy atom. The fraction of sp³-hybridized carbons (Fsp3) is 0.231. The maximum absolute atomic E-state index is 13.1. The van der Waals surface area contributed by atoms with Gasteiger partial charge in [-0.1, -0.05) is 47.1 Å². The molecule has 9 heteroatoms. The summed E-state index contributed by atoms with van der Waals surface area (Å²) in [6.07, 6.45) is 7.31. The van der Waals surface area contributed by atoms with Gasteiger partial charge < -0.3 is 20.8 Å². The van der Waals surface area contributed by atoms with Crippen molar-refractivity contribution >= 4 is 40.7 Å². The zero-order valence-corrected chi connectivity index (χ0v) is 19.9. The van der Waals surface area contributed by atoms with E-state index in [1.807, 2.05) is 25.1 Å². The number of carbonyl (C=O) groups is 3. The predicted molar refractivity (Wildman–Crippen MR) is 134 cm³/mol. The Bertz CT molecular complexity index is 1240. The number of anilines is 1. The predicted octanol–water partition coefficient (Wildman–Crippen LogP) is 3.67. The highest BCUT2D eigenvalue weighted by Crippen LogP contribution is 2.39. The van der Waals surface area contributed by atoms with Crippen molar-refractivity contribution in [2.45, 2.75) is 31.4 Å². The monoisotopic (exact) mass is 492 g/mol. The molecule has 3 N–H and O–H groups in total. The van der Waals surface area contributed by atoms with Crippen molar-refractivity contribution in [3.8, 4) is 0 Å². The normalized spacial score (nSPS) is 21.5. The summed E-state index contributed by atoms with van der Waals surface area (Å²) < 4.78 is 0. The van der Waals surface area contributed by atoms with Crippen molar-refractivity contribution in [2.24, 2.45) is 10.9 Å². The fourth-order valence-electron chi connectivity index (χ4n) is 4.26. The van der Waals surface area contributed by atoms with Gasteiger partial charge in [-0.05, 0) is 43.3 Å². The van der Waals surface area contributed by atoms with E-state index in [4.69, 9.17) is 22.2 Å². The number of hydrogen-bond acceptors (Lipinski definition) is 5. The van der Waals surface area contributed by atoms with Crippen molar-refractivity contribution in [1.82, 2.24) is 4.90 Å². The van der Waals surface area contributed by atoms with Crippen LogP contribution in [0.3, 0.4) is 0 Å². The first-order valence-corrected chi connectivity index (χ1v) is 11.5. The number of oxime groups is 1. The molecule has 0 aliphatic carbocycles. The lowest BCUT2D eigenvalue weighted by molar-refractivity contribution is -0.121. The third-order valence-corrected chi connectivity index (χ3v) is 6.19. The van der Waals surface area contributed by atoms with Gasteiger partial charge in [0.05, 0.1) is 12.3 Å². The number of hydrogen-bond donors (Lipinski definition) is 2. The van der Waals surface area contributed by atoms with Crippen LogP contribution in [0.25, 0.3) is 0 Å². The van der Waals surface area contributed by atoms with Gasteiger partial charge in [-0.2, -0.15) is 0 Å². The van der Waals surface area contributed by atoms with Crippen molar-refractivity contribution in [3.05, 3.63) is 89.0 Å². The van der Waals surface area contributed by atoms with Crippen LogP contribution < -0.4 is 11.1 Å². The number of amides is 3. The molecule has 2 aromatic rings. The maximum Gasteiger partial charge on any atom is 0.254 e. The smallest absolute Gasteiger partial charge is 0.254 e. The number of rotatable bonds is 6. The van der Waals surface area contributed by atoms with E-state index in [1.165, 1.54) is 11.0 Å². The number of nitrogens with zero attached hydrogens (tertiary/aromatic N) is 2. The largest absolute Gasteiger partial charge is 0.387 e.